The van der Waals surface area contributed by atoms with Gasteiger partial charge in [-0.3, -0.25) is 10.1 Å². The lowest BCUT2D eigenvalue weighted by atomic mass is 9.99. The SMILES string of the molecule is CCCOc1ccc(/C=C/C(=O)Nc2nc3ccc(C(C)CC)cc3s2)cc1OC. The summed E-state index contributed by atoms with van der Waals surface area (Å²) in [6.07, 6.45) is 5.26. The molecule has 0 aliphatic heterocycles. The number of nitrogens with one attached hydrogen (secondary N) is 1. The molecule has 2 aromatic carbocycles. The van der Waals surface area contributed by atoms with Crippen molar-refractivity contribution in [1.82, 2.24) is 4.98 Å². The molecule has 1 heterocycles. The zero-order valence-corrected chi connectivity index (χ0v) is 18.7. The van der Waals surface area contributed by atoms with Gasteiger partial charge < -0.3 is 9.47 Å². The fraction of sp³-hybridized carbons (Fsp3) is 0.333. The van der Waals surface area contributed by atoms with Gasteiger partial charge in [-0.2, -0.15) is 0 Å². The van der Waals surface area contributed by atoms with Crippen molar-refractivity contribution in [1.29, 1.82) is 0 Å². The molecule has 6 heteroatoms. The van der Waals surface area contributed by atoms with Gasteiger partial charge in [-0.1, -0.05) is 44.2 Å². The van der Waals surface area contributed by atoms with E-state index in [9.17, 15) is 4.79 Å². The molecule has 0 spiro atoms. The fourth-order valence-corrected chi connectivity index (χ4v) is 3.89. The number of methoxy groups -OCH3 is 1. The van der Waals surface area contributed by atoms with Crippen LogP contribution in [-0.2, 0) is 4.79 Å². The number of hydrogen-bond acceptors (Lipinski definition) is 5. The molecule has 0 bridgehead atoms. The maximum atomic E-state index is 12.4. The molecule has 0 fully saturated rings. The van der Waals surface area contributed by atoms with Crippen LogP contribution in [0.3, 0.4) is 0 Å². The van der Waals surface area contributed by atoms with Crippen LogP contribution < -0.4 is 14.8 Å². The third-order valence-electron chi connectivity index (χ3n) is 4.90. The second-order valence-corrected chi connectivity index (χ2v) is 8.17. The van der Waals surface area contributed by atoms with Crippen LogP contribution >= 0.6 is 11.3 Å². The van der Waals surface area contributed by atoms with E-state index in [1.54, 1.807) is 13.2 Å². The fourth-order valence-electron chi connectivity index (χ4n) is 2.97. The Morgan fingerprint density at radius 1 is 1.20 bits per heavy atom. The van der Waals surface area contributed by atoms with Gasteiger partial charge in [0.1, 0.15) is 0 Å². The lowest BCUT2D eigenvalue weighted by molar-refractivity contribution is -0.111. The summed E-state index contributed by atoms with van der Waals surface area (Å²) in [6, 6.07) is 11.9. The summed E-state index contributed by atoms with van der Waals surface area (Å²) in [6.45, 7) is 7.08. The van der Waals surface area contributed by atoms with Gasteiger partial charge in [-0.05, 0) is 60.2 Å². The summed E-state index contributed by atoms with van der Waals surface area (Å²) < 4.78 is 12.1. The minimum absolute atomic E-state index is 0.221. The number of fused-ring (bicyclic) bond motifs is 1. The minimum atomic E-state index is -0.221. The first-order valence-electron chi connectivity index (χ1n) is 10.2. The molecule has 1 N–H and O–H groups in total. The van der Waals surface area contributed by atoms with Crippen LogP contribution in [0.4, 0.5) is 5.13 Å². The van der Waals surface area contributed by atoms with Gasteiger partial charge in [0, 0.05) is 6.08 Å². The van der Waals surface area contributed by atoms with Crippen molar-refractivity contribution in [3.63, 3.8) is 0 Å². The number of carbonyl (C=O) groups excluding carboxylic acids is 1. The van der Waals surface area contributed by atoms with Crippen molar-refractivity contribution in [3.05, 3.63) is 53.6 Å². The van der Waals surface area contributed by atoms with E-state index in [-0.39, 0.29) is 5.91 Å². The molecular weight excluding hydrogens is 396 g/mol. The molecule has 3 aromatic rings. The van der Waals surface area contributed by atoms with Crippen molar-refractivity contribution < 1.29 is 14.3 Å². The molecular formula is C24H28N2O3S. The molecule has 5 nitrogen and oxygen atoms in total. The first kappa shape index (κ1) is 21.8. The van der Waals surface area contributed by atoms with E-state index in [1.807, 2.05) is 24.3 Å². The Balaban J connectivity index is 1.68. The van der Waals surface area contributed by atoms with E-state index in [0.717, 1.165) is 28.6 Å². The topological polar surface area (TPSA) is 60.5 Å². The molecule has 3 rings (SSSR count). The number of benzene rings is 2. The molecule has 0 radical (unpaired) electrons. The van der Waals surface area contributed by atoms with Gasteiger partial charge in [0.05, 0.1) is 23.9 Å². The highest BCUT2D eigenvalue weighted by molar-refractivity contribution is 7.22. The Kier molecular flexibility index (Phi) is 7.46. The number of amides is 1. The molecule has 0 aliphatic carbocycles. The Labute approximate surface area is 181 Å². The maximum absolute atomic E-state index is 12.4. The molecule has 0 saturated carbocycles. The molecule has 0 aliphatic rings. The standard InChI is InChI=1S/C24H28N2O3S/c1-5-13-29-20-11-7-17(14-21(20)28-4)8-12-23(27)26-24-25-19-10-9-18(16(3)6-2)15-22(19)30-24/h7-12,14-16H,5-6,13H2,1-4H3,(H,25,26,27)/b12-8+. The first-order valence-corrected chi connectivity index (χ1v) is 11.1. The van der Waals surface area contributed by atoms with E-state index in [4.69, 9.17) is 9.47 Å². The Hall–Kier alpha value is -2.86. The average molecular weight is 425 g/mol. The number of rotatable bonds is 9. The first-order chi connectivity index (χ1) is 14.5. The zero-order valence-electron chi connectivity index (χ0n) is 17.9. The Morgan fingerprint density at radius 3 is 2.77 bits per heavy atom. The second kappa shape index (κ2) is 10.3. The predicted molar refractivity (Wildman–Crippen MR) is 125 cm³/mol. The van der Waals surface area contributed by atoms with Gasteiger partial charge in [0.25, 0.3) is 0 Å². The van der Waals surface area contributed by atoms with Gasteiger partial charge in [-0.25, -0.2) is 4.98 Å². The average Bonchev–Trinajstić information content (AvgIpc) is 3.17. The van der Waals surface area contributed by atoms with Gasteiger partial charge >= 0.3 is 0 Å². The van der Waals surface area contributed by atoms with Crippen molar-refractivity contribution in [3.8, 4) is 11.5 Å². The highest BCUT2D eigenvalue weighted by Gasteiger charge is 2.10. The normalized spacial score (nSPS) is 12.3. The Bertz CT molecular complexity index is 1040. The predicted octanol–water partition coefficient (Wildman–Crippen LogP) is 6.26. The summed E-state index contributed by atoms with van der Waals surface area (Å²) >= 11 is 1.49. The number of aromatic nitrogens is 1. The van der Waals surface area contributed by atoms with Crippen LogP contribution in [0.25, 0.3) is 16.3 Å². The molecule has 1 atom stereocenters. The number of thiazole rings is 1. The van der Waals surface area contributed by atoms with E-state index in [2.05, 4.69) is 43.2 Å². The van der Waals surface area contributed by atoms with Crippen LogP contribution in [0.1, 0.15) is 50.7 Å². The molecule has 1 unspecified atom stereocenters. The highest BCUT2D eigenvalue weighted by atomic mass is 32.1. The Morgan fingerprint density at radius 2 is 2.03 bits per heavy atom. The molecule has 30 heavy (non-hydrogen) atoms. The zero-order chi connectivity index (χ0) is 21.5. The second-order valence-electron chi connectivity index (χ2n) is 7.14. The lowest BCUT2D eigenvalue weighted by Crippen LogP contribution is -2.07. The number of ether oxygens (including phenoxy) is 2. The van der Waals surface area contributed by atoms with Crippen LogP contribution in [0.15, 0.2) is 42.5 Å². The van der Waals surface area contributed by atoms with Crippen LogP contribution in [0.2, 0.25) is 0 Å². The monoisotopic (exact) mass is 424 g/mol. The van der Waals surface area contributed by atoms with Crippen molar-refractivity contribution in [2.45, 2.75) is 39.5 Å². The van der Waals surface area contributed by atoms with Crippen molar-refractivity contribution >= 4 is 38.7 Å². The summed E-state index contributed by atoms with van der Waals surface area (Å²) in [7, 11) is 1.61. The van der Waals surface area contributed by atoms with E-state index >= 15 is 0 Å². The summed E-state index contributed by atoms with van der Waals surface area (Å²) in [5, 5.41) is 3.46. The summed E-state index contributed by atoms with van der Waals surface area (Å²) in [4.78, 5) is 16.9. The molecule has 158 valence electrons. The maximum Gasteiger partial charge on any atom is 0.250 e. The molecule has 1 aromatic heterocycles. The van der Waals surface area contributed by atoms with Crippen LogP contribution in [0, 0.1) is 0 Å². The smallest absolute Gasteiger partial charge is 0.250 e. The van der Waals surface area contributed by atoms with Gasteiger partial charge in [-0.15, -0.1) is 0 Å². The van der Waals surface area contributed by atoms with Crippen molar-refractivity contribution in [2.24, 2.45) is 0 Å². The highest BCUT2D eigenvalue weighted by Crippen LogP contribution is 2.30. The number of hydrogen-bond donors (Lipinski definition) is 1. The third kappa shape index (κ3) is 5.39. The van der Waals surface area contributed by atoms with Gasteiger partial charge in [0.2, 0.25) is 5.91 Å². The quantitative estimate of drug-likeness (QED) is 0.412. The number of nitrogens with zero attached hydrogens (tertiary/aromatic N) is 1. The summed E-state index contributed by atoms with van der Waals surface area (Å²) in [5.74, 6) is 1.64. The van der Waals surface area contributed by atoms with Crippen LogP contribution in [0.5, 0.6) is 11.5 Å². The van der Waals surface area contributed by atoms with Crippen LogP contribution in [-0.4, -0.2) is 24.6 Å². The van der Waals surface area contributed by atoms with E-state index in [0.29, 0.717) is 29.2 Å². The third-order valence-corrected chi connectivity index (χ3v) is 5.83. The largest absolute Gasteiger partial charge is 0.493 e. The number of anilines is 1. The van der Waals surface area contributed by atoms with E-state index < -0.39 is 0 Å². The molecule has 0 saturated heterocycles. The lowest BCUT2D eigenvalue weighted by Gasteiger charge is -2.10. The van der Waals surface area contributed by atoms with E-state index in [1.165, 1.54) is 23.0 Å². The molecule has 1 amide bonds. The van der Waals surface area contributed by atoms with Crippen molar-refractivity contribution in [2.75, 3.05) is 19.0 Å². The summed E-state index contributed by atoms with van der Waals surface area (Å²) in [5.41, 5.74) is 3.05. The van der Waals surface area contributed by atoms with Gasteiger partial charge in [0.15, 0.2) is 16.6 Å². The minimum Gasteiger partial charge on any atom is -0.493 e. The number of carbonyl (C=O) groups is 1.